The van der Waals surface area contributed by atoms with Crippen LogP contribution >= 0.6 is 24.2 Å². The van der Waals surface area contributed by atoms with Gasteiger partial charge >= 0.3 is 0 Å². The summed E-state index contributed by atoms with van der Waals surface area (Å²) in [5, 5.41) is 0.749. The Morgan fingerprint density at radius 1 is 1.53 bits per heavy atom. The van der Waals surface area contributed by atoms with E-state index >= 15 is 0 Å². The first-order valence-electron chi connectivity index (χ1n) is 6.18. The lowest BCUT2D eigenvalue weighted by molar-refractivity contribution is -0.135. The lowest BCUT2D eigenvalue weighted by Crippen LogP contribution is -2.40. The third-order valence-electron chi connectivity index (χ3n) is 3.43. The van der Waals surface area contributed by atoms with Crippen LogP contribution in [0.1, 0.15) is 33.1 Å². The quantitative estimate of drug-likeness (QED) is 0.839. The summed E-state index contributed by atoms with van der Waals surface area (Å²) in [6.07, 6.45) is 3.55. The molecule has 0 aliphatic heterocycles. The Morgan fingerprint density at radius 3 is 2.71 bits per heavy atom. The molecule has 0 spiro atoms. The van der Waals surface area contributed by atoms with Crippen LogP contribution in [0.15, 0.2) is 0 Å². The summed E-state index contributed by atoms with van der Waals surface area (Å²) in [4.78, 5) is 13.9. The van der Waals surface area contributed by atoms with Crippen LogP contribution in [-0.2, 0) is 4.79 Å². The smallest absolute Gasteiger partial charge is 0.226 e. The van der Waals surface area contributed by atoms with E-state index in [2.05, 4.69) is 6.92 Å². The van der Waals surface area contributed by atoms with Gasteiger partial charge in [0.2, 0.25) is 5.91 Å². The molecule has 0 radical (unpaired) electrons. The Kier molecular flexibility index (Phi) is 8.25. The Morgan fingerprint density at radius 2 is 2.18 bits per heavy atom. The van der Waals surface area contributed by atoms with Crippen LogP contribution in [0.4, 0.5) is 0 Å². The highest BCUT2D eigenvalue weighted by atomic mass is 35.5. The van der Waals surface area contributed by atoms with E-state index in [1.807, 2.05) is 30.6 Å². The van der Waals surface area contributed by atoms with Crippen molar-refractivity contribution >= 4 is 30.1 Å². The van der Waals surface area contributed by atoms with Crippen molar-refractivity contribution < 1.29 is 4.79 Å². The van der Waals surface area contributed by atoms with Gasteiger partial charge in [-0.3, -0.25) is 4.79 Å². The fourth-order valence-corrected chi connectivity index (χ4v) is 3.42. The van der Waals surface area contributed by atoms with Crippen molar-refractivity contribution in [2.75, 3.05) is 19.3 Å². The first-order chi connectivity index (χ1) is 7.60. The third-order valence-corrected chi connectivity index (χ3v) is 4.66. The molecule has 0 aromatic heterocycles. The van der Waals surface area contributed by atoms with Crippen LogP contribution in [-0.4, -0.2) is 41.4 Å². The molecule has 1 amide bonds. The molecule has 1 aliphatic rings. The molecule has 102 valence electrons. The fourth-order valence-electron chi connectivity index (χ4n) is 2.28. The van der Waals surface area contributed by atoms with Crippen LogP contribution in [0, 0.1) is 5.92 Å². The van der Waals surface area contributed by atoms with E-state index in [-0.39, 0.29) is 24.2 Å². The zero-order chi connectivity index (χ0) is 12.1. The average molecular weight is 281 g/mol. The molecule has 0 bridgehead atoms. The molecule has 3 atom stereocenters. The maximum absolute atomic E-state index is 12.0. The predicted octanol–water partition coefficient (Wildman–Crippen LogP) is 2.14. The monoisotopic (exact) mass is 280 g/mol. The lowest BCUT2D eigenvalue weighted by atomic mass is 10.1. The molecule has 0 aromatic rings. The number of nitrogens with zero attached hydrogens (tertiary/aromatic N) is 1. The zero-order valence-corrected chi connectivity index (χ0v) is 12.6. The maximum Gasteiger partial charge on any atom is 0.226 e. The predicted molar refractivity (Wildman–Crippen MR) is 77.8 cm³/mol. The van der Waals surface area contributed by atoms with Gasteiger partial charge in [-0.25, -0.2) is 0 Å². The second kappa shape index (κ2) is 8.22. The Hall–Kier alpha value is 0.0700. The van der Waals surface area contributed by atoms with E-state index < -0.39 is 0 Å². The molecule has 1 fully saturated rings. The molecular weight excluding hydrogens is 256 g/mol. The van der Waals surface area contributed by atoms with Gasteiger partial charge in [-0.1, -0.05) is 13.8 Å². The Balaban J connectivity index is 0.00000256. The van der Waals surface area contributed by atoms with Crippen LogP contribution in [0.3, 0.4) is 0 Å². The summed E-state index contributed by atoms with van der Waals surface area (Å²) in [5.41, 5.74) is 5.53. The first-order valence-corrected chi connectivity index (χ1v) is 7.23. The van der Waals surface area contributed by atoms with Gasteiger partial charge in [0.1, 0.15) is 0 Å². The van der Waals surface area contributed by atoms with Gasteiger partial charge < -0.3 is 10.6 Å². The van der Waals surface area contributed by atoms with Crippen molar-refractivity contribution in [3.05, 3.63) is 0 Å². The molecular formula is C12H25ClN2OS. The second-order valence-electron chi connectivity index (χ2n) is 4.63. The molecule has 3 unspecified atom stereocenters. The minimum atomic E-state index is -0.0390. The first kappa shape index (κ1) is 17.1. The molecule has 1 saturated carbocycles. The second-order valence-corrected chi connectivity index (χ2v) is 6.21. The van der Waals surface area contributed by atoms with E-state index in [0.717, 1.165) is 18.1 Å². The van der Waals surface area contributed by atoms with Crippen molar-refractivity contribution in [1.29, 1.82) is 0 Å². The number of rotatable bonds is 5. The molecule has 5 heteroatoms. The Labute approximate surface area is 115 Å². The molecule has 0 aromatic carbocycles. The van der Waals surface area contributed by atoms with Gasteiger partial charge in [0.05, 0.1) is 0 Å². The van der Waals surface area contributed by atoms with E-state index in [4.69, 9.17) is 5.73 Å². The van der Waals surface area contributed by atoms with E-state index in [0.29, 0.717) is 12.6 Å². The van der Waals surface area contributed by atoms with Gasteiger partial charge in [-0.2, -0.15) is 11.8 Å². The standard InChI is InChI=1S/C12H24N2OS.ClH/c1-4-16-11-6-5-10(7-11)14(3)12(15)9(2)8-13;/h9-11H,4-8,13H2,1-3H3;1H. The number of amides is 1. The van der Waals surface area contributed by atoms with Gasteiger partial charge in [0.25, 0.3) is 0 Å². The molecule has 2 N–H and O–H groups in total. The van der Waals surface area contributed by atoms with Crippen LogP contribution in [0.5, 0.6) is 0 Å². The highest BCUT2D eigenvalue weighted by molar-refractivity contribution is 7.99. The molecule has 1 aliphatic carbocycles. The van der Waals surface area contributed by atoms with Gasteiger partial charge in [0.15, 0.2) is 0 Å². The van der Waals surface area contributed by atoms with Gasteiger partial charge in [-0.05, 0) is 25.0 Å². The van der Waals surface area contributed by atoms with Gasteiger partial charge in [0, 0.05) is 30.8 Å². The summed E-state index contributed by atoms with van der Waals surface area (Å²) in [7, 11) is 1.93. The summed E-state index contributed by atoms with van der Waals surface area (Å²) in [6.45, 7) is 4.55. The largest absolute Gasteiger partial charge is 0.342 e. The van der Waals surface area contributed by atoms with Crippen molar-refractivity contribution in [2.24, 2.45) is 11.7 Å². The number of hydrogen-bond donors (Lipinski definition) is 1. The summed E-state index contributed by atoms with van der Waals surface area (Å²) in [5.74, 6) is 1.34. The Bertz CT molecular complexity index is 241. The normalized spacial score (nSPS) is 25.2. The van der Waals surface area contributed by atoms with E-state index in [1.54, 1.807) is 0 Å². The SMILES string of the molecule is CCSC1CCC(N(C)C(=O)C(C)CN)C1.Cl. The van der Waals surface area contributed by atoms with Crippen molar-refractivity contribution in [3.8, 4) is 0 Å². The minimum Gasteiger partial charge on any atom is -0.342 e. The average Bonchev–Trinajstić information content (AvgIpc) is 2.75. The highest BCUT2D eigenvalue weighted by Crippen LogP contribution is 2.32. The molecule has 0 heterocycles. The van der Waals surface area contributed by atoms with Crippen LogP contribution in [0.25, 0.3) is 0 Å². The maximum atomic E-state index is 12.0. The topological polar surface area (TPSA) is 46.3 Å². The summed E-state index contributed by atoms with van der Waals surface area (Å²) >= 11 is 2.02. The number of carbonyl (C=O) groups is 1. The number of halogens is 1. The van der Waals surface area contributed by atoms with Crippen LogP contribution < -0.4 is 5.73 Å². The minimum absolute atomic E-state index is 0. The van der Waals surface area contributed by atoms with Gasteiger partial charge in [-0.15, -0.1) is 12.4 Å². The molecule has 0 saturated heterocycles. The number of thioether (sulfide) groups is 1. The van der Waals surface area contributed by atoms with E-state index in [1.165, 1.54) is 12.2 Å². The highest BCUT2D eigenvalue weighted by Gasteiger charge is 2.30. The van der Waals surface area contributed by atoms with Crippen molar-refractivity contribution in [2.45, 2.75) is 44.4 Å². The fraction of sp³-hybridized carbons (Fsp3) is 0.917. The molecule has 1 rings (SSSR count). The third kappa shape index (κ3) is 4.68. The molecule has 3 nitrogen and oxygen atoms in total. The zero-order valence-electron chi connectivity index (χ0n) is 11.0. The molecule has 17 heavy (non-hydrogen) atoms. The van der Waals surface area contributed by atoms with Crippen molar-refractivity contribution in [3.63, 3.8) is 0 Å². The number of carbonyl (C=O) groups excluding carboxylic acids is 1. The summed E-state index contributed by atoms with van der Waals surface area (Å²) < 4.78 is 0. The number of hydrogen-bond acceptors (Lipinski definition) is 3. The van der Waals surface area contributed by atoms with Crippen molar-refractivity contribution in [1.82, 2.24) is 4.90 Å². The van der Waals surface area contributed by atoms with E-state index in [9.17, 15) is 4.79 Å². The van der Waals surface area contributed by atoms with Crippen LogP contribution in [0.2, 0.25) is 0 Å². The summed E-state index contributed by atoms with van der Waals surface area (Å²) in [6, 6.07) is 0.436. The number of nitrogens with two attached hydrogens (primary N) is 1. The lowest BCUT2D eigenvalue weighted by Gasteiger charge is -2.27.